The lowest BCUT2D eigenvalue weighted by atomic mass is 9.96. The van der Waals surface area contributed by atoms with Gasteiger partial charge in [-0.2, -0.15) is 0 Å². The van der Waals surface area contributed by atoms with Crippen LogP contribution in [0.25, 0.3) is 5.69 Å². The number of nitrogens with zero attached hydrogens (tertiary/aromatic N) is 5. The summed E-state index contributed by atoms with van der Waals surface area (Å²) in [5.41, 5.74) is 7.21. The first kappa shape index (κ1) is 27.2. The van der Waals surface area contributed by atoms with E-state index in [0.29, 0.717) is 0 Å². The molecule has 40 heavy (non-hydrogen) atoms. The maximum atomic E-state index is 5.95. The summed E-state index contributed by atoms with van der Waals surface area (Å²) >= 11 is 5.95. The molecule has 8 nitrogen and oxygen atoms in total. The Labute approximate surface area is 242 Å². The Kier molecular flexibility index (Phi) is 8.34. The lowest BCUT2D eigenvalue weighted by Gasteiger charge is -2.30. The van der Waals surface area contributed by atoms with Crippen molar-refractivity contribution >= 4 is 23.0 Å². The quantitative estimate of drug-likeness (QED) is 0.415. The van der Waals surface area contributed by atoms with Crippen LogP contribution in [0.15, 0.2) is 54.7 Å². The number of rotatable bonds is 8. The molecule has 3 aliphatic heterocycles. The summed E-state index contributed by atoms with van der Waals surface area (Å²) in [6.07, 6.45) is 2.92. The van der Waals surface area contributed by atoms with E-state index in [2.05, 4.69) is 80.9 Å². The minimum absolute atomic E-state index is 0.00488. The summed E-state index contributed by atoms with van der Waals surface area (Å²) in [6.45, 7) is 13.5. The van der Waals surface area contributed by atoms with Crippen molar-refractivity contribution < 1.29 is 9.47 Å². The molecule has 9 heteroatoms. The highest BCUT2D eigenvalue weighted by atomic mass is 32.1. The predicted octanol–water partition coefficient (Wildman–Crippen LogP) is 4.02. The van der Waals surface area contributed by atoms with E-state index in [1.165, 1.54) is 28.3 Å². The molecule has 3 saturated heterocycles. The first-order chi connectivity index (χ1) is 19.6. The first-order valence-electron chi connectivity index (χ1n) is 14.5. The maximum absolute atomic E-state index is 5.95. The Balaban J connectivity index is 1.28. The molecule has 0 saturated carbocycles. The second kappa shape index (κ2) is 12.3. The predicted molar refractivity (Wildman–Crippen MR) is 162 cm³/mol. The van der Waals surface area contributed by atoms with Crippen LogP contribution < -0.4 is 10.2 Å². The Morgan fingerprint density at radius 1 is 0.900 bits per heavy atom. The zero-order valence-corrected chi connectivity index (χ0v) is 24.4. The number of thiocarbonyl (C=S) groups is 1. The molecule has 212 valence electrons. The molecule has 0 bridgehead atoms. The molecule has 3 aromatic rings. The smallest absolute Gasteiger partial charge is 0.170 e. The van der Waals surface area contributed by atoms with Crippen LogP contribution in [0.1, 0.15) is 41.1 Å². The number of aryl methyl sites for hydroxylation is 1. The number of pyridine rings is 1. The normalized spacial score (nSPS) is 22.1. The van der Waals surface area contributed by atoms with Crippen LogP contribution in [-0.4, -0.2) is 90.2 Å². The molecule has 3 fully saturated rings. The number of benzene rings is 1. The molecule has 0 unspecified atom stereocenters. The summed E-state index contributed by atoms with van der Waals surface area (Å²) < 4.78 is 13.4. The summed E-state index contributed by atoms with van der Waals surface area (Å²) in [4.78, 5) is 12.0. The van der Waals surface area contributed by atoms with Crippen LogP contribution >= 0.6 is 12.2 Å². The molecule has 6 rings (SSSR count). The molecule has 0 amide bonds. The third-order valence-electron chi connectivity index (χ3n) is 8.45. The van der Waals surface area contributed by atoms with Gasteiger partial charge in [-0.25, -0.2) is 0 Å². The Morgan fingerprint density at radius 2 is 1.60 bits per heavy atom. The van der Waals surface area contributed by atoms with Crippen molar-refractivity contribution in [2.75, 3.05) is 70.6 Å². The first-order valence-corrected chi connectivity index (χ1v) is 14.9. The molecule has 5 heterocycles. The van der Waals surface area contributed by atoms with Crippen LogP contribution in [0.3, 0.4) is 0 Å². The van der Waals surface area contributed by atoms with Crippen LogP contribution in [0.4, 0.5) is 5.69 Å². The van der Waals surface area contributed by atoms with Crippen molar-refractivity contribution in [1.29, 1.82) is 0 Å². The van der Waals surface area contributed by atoms with E-state index in [4.69, 9.17) is 26.7 Å². The highest BCUT2D eigenvalue weighted by Gasteiger charge is 2.41. The molecule has 0 radical (unpaired) electrons. The number of ether oxygens (including phenoxy) is 2. The second-order valence-corrected chi connectivity index (χ2v) is 11.3. The van der Waals surface area contributed by atoms with Crippen LogP contribution in [0.2, 0.25) is 0 Å². The van der Waals surface area contributed by atoms with Gasteiger partial charge in [-0.3, -0.25) is 9.88 Å². The minimum atomic E-state index is -0.00488. The average molecular weight is 561 g/mol. The van der Waals surface area contributed by atoms with E-state index in [1.807, 2.05) is 12.3 Å². The molecular formula is C31H40N6O2S. The van der Waals surface area contributed by atoms with Crippen molar-refractivity contribution in [3.05, 3.63) is 77.4 Å². The molecule has 2 atom stereocenters. The lowest BCUT2D eigenvalue weighted by Crippen LogP contribution is -2.39. The van der Waals surface area contributed by atoms with Gasteiger partial charge < -0.3 is 29.2 Å². The standard InChI is InChI=1S/C31H40N6O2S/c1-23-22-27(24(2)37(23)26-9-7-25(8-10-26)35-16-20-39-21-17-35)30-29(28-6-3-4-11-32-28)33-31(40)36(30)13-5-12-34-14-18-38-19-15-34/h3-4,6-11,22,29-30H,5,12-21H2,1-2H3,(H,33,40)/t29-,30-/m0/s1. The number of anilines is 1. The largest absolute Gasteiger partial charge is 0.379 e. The summed E-state index contributed by atoms with van der Waals surface area (Å²) in [5.74, 6) is 0. The Bertz CT molecular complexity index is 1290. The highest BCUT2D eigenvalue weighted by molar-refractivity contribution is 7.80. The highest BCUT2D eigenvalue weighted by Crippen LogP contribution is 2.41. The zero-order valence-electron chi connectivity index (χ0n) is 23.6. The van der Waals surface area contributed by atoms with Crippen molar-refractivity contribution in [2.45, 2.75) is 32.4 Å². The van der Waals surface area contributed by atoms with Gasteiger partial charge >= 0.3 is 0 Å². The van der Waals surface area contributed by atoms with Gasteiger partial charge in [-0.1, -0.05) is 6.07 Å². The molecule has 1 aromatic carbocycles. The molecular weight excluding hydrogens is 520 g/mol. The van der Waals surface area contributed by atoms with Crippen LogP contribution in [-0.2, 0) is 9.47 Å². The van der Waals surface area contributed by atoms with Gasteiger partial charge in [-0.05, 0) is 80.5 Å². The summed E-state index contributed by atoms with van der Waals surface area (Å²) in [7, 11) is 0. The maximum Gasteiger partial charge on any atom is 0.170 e. The summed E-state index contributed by atoms with van der Waals surface area (Å²) in [5, 5.41) is 4.44. The third kappa shape index (κ3) is 5.61. The Morgan fingerprint density at radius 3 is 2.30 bits per heavy atom. The van der Waals surface area contributed by atoms with E-state index in [-0.39, 0.29) is 12.1 Å². The van der Waals surface area contributed by atoms with Gasteiger partial charge in [0, 0.05) is 68.2 Å². The molecule has 0 aliphatic carbocycles. The number of nitrogens with one attached hydrogen (secondary N) is 1. The van der Waals surface area contributed by atoms with E-state index in [0.717, 1.165) is 82.9 Å². The topological polar surface area (TPSA) is 58.0 Å². The van der Waals surface area contributed by atoms with E-state index in [1.54, 1.807) is 0 Å². The minimum Gasteiger partial charge on any atom is -0.379 e. The Hall–Kier alpha value is -2.98. The van der Waals surface area contributed by atoms with E-state index < -0.39 is 0 Å². The fraction of sp³-hybridized carbons (Fsp3) is 0.484. The van der Waals surface area contributed by atoms with Crippen molar-refractivity contribution in [3.8, 4) is 5.69 Å². The number of morpholine rings is 2. The molecule has 2 aromatic heterocycles. The van der Waals surface area contributed by atoms with Crippen LogP contribution in [0.5, 0.6) is 0 Å². The molecule has 0 spiro atoms. The zero-order chi connectivity index (χ0) is 27.5. The van der Waals surface area contributed by atoms with Gasteiger partial charge in [-0.15, -0.1) is 0 Å². The molecule has 1 N–H and O–H groups in total. The van der Waals surface area contributed by atoms with Crippen molar-refractivity contribution in [2.24, 2.45) is 0 Å². The fourth-order valence-electron chi connectivity index (χ4n) is 6.39. The molecule has 3 aliphatic rings. The fourth-order valence-corrected chi connectivity index (χ4v) is 6.72. The van der Waals surface area contributed by atoms with Crippen molar-refractivity contribution in [3.63, 3.8) is 0 Å². The third-order valence-corrected chi connectivity index (χ3v) is 8.80. The average Bonchev–Trinajstić information content (AvgIpc) is 3.48. The van der Waals surface area contributed by atoms with Crippen LogP contribution in [0, 0.1) is 13.8 Å². The lowest BCUT2D eigenvalue weighted by molar-refractivity contribution is 0.0365. The second-order valence-electron chi connectivity index (χ2n) is 10.9. The van der Waals surface area contributed by atoms with Gasteiger partial charge in [0.25, 0.3) is 0 Å². The van der Waals surface area contributed by atoms with Gasteiger partial charge in [0.1, 0.15) is 0 Å². The van der Waals surface area contributed by atoms with Gasteiger partial charge in [0.05, 0.1) is 44.2 Å². The number of hydrogen-bond donors (Lipinski definition) is 1. The van der Waals surface area contributed by atoms with E-state index >= 15 is 0 Å². The SMILES string of the molecule is Cc1cc([C@H]2[C@H](c3ccccn3)NC(=S)N2CCCN2CCOCC2)c(C)n1-c1ccc(N2CCOCC2)cc1. The van der Waals surface area contributed by atoms with Crippen molar-refractivity contribution in [1.82, 2.24) is 24.7 Å². The number of hydrogen-bond acceptors (Lipinski definition) is 6. The van der Waals surface area contributed by atoms with Gasteiger partial charge in [0.2, 0.25) is 0 Å². The number of aromatic nitrogens is 2. The van der Waals surface area contributed by atoms with Gasteiger partial charge in [0.15, 0.2) is 5.11 Å². The monoisotopic (exact) mass is 560 g/mol. The van der Waals surface area contributed by atoms with E-state index in [9.17, 15) is 0 Å². The summed E-state index contributed by atoms with van der Waals surface area (Å²) in [6, 6.07) is 17.5.